The molecule has 0 unspecified atom stereocenters. The molecule has 0 spiro atoms. The molecule has 2 aromatic rings. The molecule has 1 aromatic heterocycles. The lowest BCUT2D eigenvalue weighted by atomic mass is 10.2. The van der Waals surface area contributed by atoms with Crippen LogP contribution in [0.3, 0.4) is 0 Å². The van der Waals surface area contributed by atoms with E-state index in [0.29, 0.717) is 11.7 Å². The van der Waals surface area contributed by atoms with Gasteiger partial charge in [-0.15, -0.1) is 0 Å². The van der Waals surface area contributed by atoms with Gasteiger partial charge in [0.25, 0.3) is 5.89 Å². The van der Waals surface area contributed by atoms with Gasteiger partial charge in [0.1, 0.15) is 5.75 Å². The third-order valence-corrected chi connectivity index (χ3v) is 2.77. The van der Waals surface area contributed by atoms with Crippen LogP contribution in [-0.2, 0) is 0 Å². The summed E-state index contributed by atoms with van der Waals surface area (Å²) in [5.74, 6) is 2.01. The van der Waals surface area contributed by atoms with Crippen molar-refractivity contribution in [2.45, 2.75) is 6.92 Å². The summed E-state index contributed by atoms with van der Waals surface area (Å²) in [5, 5.41) is 3.75. The van der Waals surface area contributed by atoms with Crippen molar-refractivity contribution in [3.8, 4) is 17.2 Å². The summed E-state index contributed by atoms with van der Waals surface area (Å²) in [7, 11) is 1.65. The molecule has 0 atom stereocenters. The maximum Gasteiger partial charge on any atom is 0.257 e. The van der Waals surface area contributed by atoms with E-state index in [1.807, 2.05) is 18.2 Å². The molecule has 0 bridgehead atoms. The van der Waals surface area contributed by atoms with Crippen molar-refractivity contribution in [3.63, 3.8) is 0 Å². The number of ether oxygens (including phenoxy) is 1. The van der Waals surface area contributed by atoms with Gasteiger partial charge in [-0.2, -0.15) is 4.98 Å². The number of rotatable bonds is 2. The molecule has 0 aliphatic heterocycles. The van der Waals surface area contributed by atoms with Crippen molar-refractivity contribution >= 4 is 22.6 Å². The van der Waals surface area contributed by atoms with Crippen LogP contribution in [0, 0.1) is 10.5 Å². The first-order chi connectivity index (χ1) is 7.20. The van der Waals surface area contributed by atoms with Crippen molar-refractivity contribution in [1.82, 2.24) is 10.1 Å². The van der Waals surface area contributed by atoms with Crippen LogP contribution in [0.4, 0.5) is 0 Å². The first kappa shape index (κ1) is 10.4. The van der Waals surface area contributed by atoms with E-state index in [2.05, 4.69) is 32.7 Å². The number of benzene rings is 1. The van der Waals surface area contributed by atoms with Gasteiger partial charge in [-0.1, -0.05) is 5.16 Å². The van der Waals surface area contributed by atoms with Gasteiger partial charge in [-0.25, -0.2) is 0 Å². The van der Waals surface area contributed by atoms with Crippen LogP contribution in [0.2, 0.25) is 0 Å². The van der Waals surface area contributed by atoms with E-state index in [9.17, 15) is 0 Å². The summed E-state index contributed by atoms with van der Waals surface area (Å²) in [6.45, 7) is 1.79. The molecule has 1 aromatic carbocycles. The van der Waals surface area contributed by atoms with E-state index in [1.54, 1.807) is 14.0 Å². The van der Waals surface area contributed by atoms with Gasteiger partial charge in [0.2, 0.25) is 0 Å². The largest absolute Gasteiger partial charge is 0.496 e. The van der Waals surface area contributed by atoms with E-state index in [1.165, 1.54) is 0 Å². The van der Waals surface area contributed by atoms with E-state index in [0.717, 1.165) is 14.9 Å². The fourth-order valence-corrected chi connectivity index (χ4v) is 1.95. The van der Waals surface area contributed by atoms with Crippen molar-refractivity contribution in [3.05, 3.63) is 27.6 Å². The third-order valence-electron chi connectivity index (χ3n) is 1.93. The number of nitrogens with zero attached hydrogens (tertiary/aromatic N) is 2. The number of aryl methyl sites for hydroxylation is 1. The second-order valence-corrected chi connectivity index (χ2v) is 4.16. The number of halogens is 1. The summed E-state index contributed by atoms with van der Waals surface area (Å²) in [6, 6.07) is 5.73. The Morgan fingerprint density at radius 1 is 1.40 bits per heavy atom. The van der Waals surface area contributed by atoms with Crippen LogP contribution in [0.15, 0.2) is 22.7 Å². The van der Waals surface area contributed by atoms with Crippen LogP contribution >= 0.6 is 22.6 Å². The highest BCUT2D eigenvalue weighted by Crippen LogP contribution is 2.26. The minimum Gasteiger partial charge on any atom is -0.496 e. The van der Waals surface area contributed by atoms with Crippen molar-refractivity contribution in [2.75, 3.05) is 7.11 Å². The fourth-order valence-electron chi connectivity index (χ4n) is 1.21. The molecule has 5 heteroatoms. The van der Waals surface area contributed by atoms with Crippen LogP contribution in [0.25, 0.3) is 11.5 Å². The molecule has 0 aliphatic carbocycles. The Bertz CT molecular complexity index is 482. The van der Waals surface area contributed by atoms with Gasteiger partial charge < -0.3 is 9.26 Å². The quantitative estimate of drug-likeness (QED) is 0.799. The highest BCUT2D eigenvalue weighted by Gasteiger charge is 2.08. The highest BCUT2D eigenvalue weighted by atomic mass is 127. The Hall–Kier alpha value is -1.11. The summed E-state index contributed by atoms with van der Waals surface area (Å²) in [4.78, 5) is 4.16. The van der Waals surface area contributed by atoms with Gasteiger partial charge in [0.15, 0.2) is 5.82 Å². The maximum absolute atomic E-state index is 5.17. The predicted molar refractivity (Wildman–Crippen MR) is 63.7 cm³/mol. The summed E-state index contributed by atoms with van der Waals surface area (Å²) in [5.41, 5.74) is 0.904. The number of aromatic nitrogens is 2. The molecule has 0 radical (unpaired) electrons. The van der Waals surface area contributed by atoms with Gasteiger partial charge in [0.05, 0.1) is 10.7 Å². The second-order valence-electron chi connectivity index (χ2n) is 3.00. The van der Waals surface area contributed by atoms with Crippen molar-refractivity contribution in [1.29, 1.82) is 0 Å². The molecule has 0 N–H and O–H groups in total. The van der Waals surface area contributed by atoms with Crippen LogP contribution in [0.5, 0.6) is 5.75 Å². The molecular formula is C10H9IN2O2. The SMILES string of the molecule is COc1ccc(-c2nc(C)no2)cc1I. The smallest absolute Gasteiger partial charge is 0.257 e. The zero-order valence-corrected chi connectivity index (χ0v) is 10.5. The maximum atomic E-state index is 5.17. The third kappa shape index (κ3) is 2.11. The van der Waals surface area contributed by atoms with E-state index in [4.69, 9.17) is 9.26 Å². The molecule has 4 nitrogen and oxygen atoms in total. The first-order valence-electron chi connectivity index (χ1n) is 4.35. The number of hydrogen-bond donors (Lipinski definition) is 0. The Morgan fingerprint density at radius 2 is 2.20 bits per heavy atom. The Labute approximate surface area is 101 Å². The van der Waals surface area contributed by atoms with Crippen LogP contribution in [0.1, 0.15) is 5.82 Å². The standard InChI is InChI=1S/C10H9IN2O2/c1-6-12-10(15-13-6)7-3-4-9(14-2)8(11)5-7/h3-5H,1-2H3. The normalized spacial score (nSPS) is 10.3. The minimum atomic E-state index is 0.535. The topological polar surface area (TPSA) is 48.2 Å². The Morgan fingerprint density at radius 3 is 2.73 bits per heavy atom. The summed E-state index contributed by atoms with van der Waals surface area (Å²) >= 11 is 2.20. The number of hydrogen-bond acceptors (Lipinski definition) is 4. The lowest BCUT2D eigenvalue weighted by Gasteiger charge is -2.03. The Balaban J connectivity index is 2.42. The van der Waals surface area contributed by atoms with Gasteiger partial charge in [-0.05, 0) is 47.7 Å². The minimum absolute atomic E-state index is 0.535. The van der Waals surface area contributed by atoms with Crippen LogP contribution < -0.4 is 4.74 Å². The molecular weight excluding hydrogens is 307 g/mol. The molecule has 0 saturated carbocycles. The summed E-state index contributed by atoms with van der Waals surface area (Å²) < 4.78 is 11.3. The van der Waals surface area contributed by atoms with Crippen molar-refractivity contribution in [2.24, 2.45) is 0 Å². The highest BCUT2D eigenvalue weighted by molar-refractivity contribution is 14.1. The molecule has 0 saturated heterocycles. The van der Waals surface area contributed by atoms with E-state index < -0.39 is 0 Å². The monoisotopic (exact) mass is 316 g/mol. The van der Waals surface area contributed by atoms with E-state index in [-0.39, 0.29) is 0 Å². The first-order valence-corrected chi connectivity index (χ1v) is 5.43. The molecule has 15 heavy (non-hydrogen) atoms. The predicted octanol–water partition coefficient (Wildman–Crippen LogP) is 2.66. The average Bonchev–Trinajstić information content (AvgIpc) is 2.65. The lowest BCUT2D eigenvalue weighted by molar-refractivity contribution is 0.411. The van der Waals surface area contributed by atoms with Crippen molar-refractivity contribution < 1.29 is 9.26 Å². The average molecular weight is 316 g/mol. The van der Waals surface area contributed by atoms with Gasteiger partial charge in [0, 0.05) is 5.56 Å². The zero-order chi connectivity index (χ0) is 10.8. The summed E-state index contributed by atoms with van der Waals surface area (Å²) in [6.07, 6.45) is 0. The van der Waals surface area contributed by atoms with Crippen LogP contribution in [-0.4, -0.2) is 17.3 Å². The molecule has 1 heterocycles. The lowest BCUT2D eigenvalue weighted by Crippen LogP contribution is -1.87. The zero-order valence-electron chi connectivity index (χ0n) is 8.32. The molecule has 2 rings (SSSR count). The number of methoxy groups -OCH3 is 1. The Kier molecular flexibility index (Phi) is 2.90. The molecule has 0 aliphatic rings. The molecule has 78 valence electrons. The fraction of sp³-hybridized carbons (Fsp3) is 0.200. The second kappa shape index (κ2) is 4.18. The van der Waals surface area contributed by atoms with E-state index >= 15 is 0 Å². The molecule has 0 fully saturated rings. The van der Waals surface area contributed by atoms with Gasteiger partial charge >= 0.3 is 0 Å². The van der Waals surface area contributed by atoms with Gasteiger partial charge in [-0.3, -0.25) is 0 Å². The molecule has 0 amide bonds.